The molecule has 2 heterocycles. The number of halogens is 4. The van der Waals surface area contributed by atoms with E-state index in [1.165, 1.54) is 0 Å². The summed E-state index contributed by atoms with van der Waals surface area (Å²) in [6.45, 7) is 0. The third-order valence-electron chi connectivity index (χ3n) is 3.41. The normalized spacial score (nSPS) is 10.6. The molecule has 3 N–H and O–H groups in total. The average molecular weight is 605 g/mol. The smallest absolute Gasteiger partial charge is 0.117 e. The summed E-state index contributed by atoms with van der Waals surface area (Å²) in [7, 11) is 0. The quantitative estimate of drug-likeness (QED) is 0.217. The van der Waals surface area contributed by atoms with Crippen LogP contribution in [0, 0.1) is 0 Å². The topological polar surface area (TPSA) is 72.0 Å². The van der Waals surface area contributed by atoms with Gasteiger partial charge in [0.25, 0.3) is 0 Å². The van der Waals surface area contributed by atoms with Crippen LogP contribution in [0.3, 0.4) is 0 Å². The van der Waals surface area contributed by atoms with Crippen LogP contribution in [-0.4, -0.2) is 15.1 Å². The van der Waals surface area contributed by atoms with Crippen LogP contribution in [0.15, 0.2) is 66.7 Å². The zero-order valence-electron chi connectivity index (χ0n) is 13.0. The molecule has 0 aliphatic heterocycles. The van der Waals surface area contributed by atoms with E-state index in [1.54, 1.807) is 24.5 Å². The maximum atomic E-state index is 9.33. The van der Waals surface area contributed by atoms with Crippen molar-refractivity contribution in [1.29, 1.82) is 0 Å². The van der Waals surface area contributed by atoms with E-state index in [0.29, 0.717) is 0 Å². The number of fused-ring (bicyclic) bond motifs is 2. The van der Waals surface area contributed by atoms with Crippen LogP contribution in [0.4, 0.5) is 5.69 Å². The summed E-state index contributed by atoms with van der Waals surface area (Å²) in [5, 5.41) is 11.3. The number of phenols is 1. The number of phenolic OH excluding ortho intramolecular Hbond substituents is 1. The fourth-order valence-electron chi connectivity index (χ4n) is 2.36. The Morgan fingerprint density at radius 2 is 1.19 bits per heavy atom. The molecule has 0 atom stereocenters. The highest BCUT2D eigenvalue weighted by atomic mass is 79.9. The summed E-state index contributed by atoms with van der Waals surface area (Å²) in [6.07, 6.45) is 3.49. The first-order valence-corrected chi connectivity index (χ1v) is 10.4. The second kappa shape index (κ2) is 8.21. The Morgan fingerprint density at radius 3 is 1.77 bits per heavy atom. The van der Waals surface area contributed by atoms with Gasteiger partial charge < -0.3 is 10.8 Å². The number of hydrogen-bond acceptors (Lipinski definition) is 4. The minimum atomic E-state index is 0.235. The van der Waals surface area contributed by atoms with Gasteiger partial charge in [0.2, 0.25) is 0 Å². The van der Waals surface area contributed by atoms with Crippen molar-refractivity contribution in [2.75, 3.05) is 5.73 Å². The molecule has 0 unspecified atom stereocenters. The van der Waals surface area contributed by atoms with Crippen LogP contribution < -0.4 is 5.73 Å². The molecule has 4 rings (SSSR count). The lowest BCUT2D eigenvalue weighted by Gasteiger charge is -2.01. The van der Waals surface area contributed by atoms with Gasteiger partial charge in [-0.1, -0.05) is 0 Å². The predicted molar refractivity (Wildman–Crippen MR) is 120 cm³/mol. The highest BCUT2D eigenvalue weighted by Crippen LogP contribution is 2.29. The van der Waals surface area contributed by atoms with E-state index in [9.17, 15) is 5.11 Å². The second-order valence-corrected chi connectivity index (χ2v) is 8.92. The van der Waals surface area contributed by atoms with E-state index in [1.807, 2.05) is 24.3 Å². The van der Waals surface area contributed by atoms with Crippen molar-refractivity contribution in [2.24, 2.45) is 0 Å². The summed E-state index contributed by atoms with van der Waals surface area (Å²) < 4.78 is 3.58. The number of rotatable bonds is 0. The molecule has 2 aromatic heterocycles. The first-order chi connectivity index (χ1) is 12.3. The van der Waals surface area contributed by atoms with Crippen LogP contribution in [0.1, 0.15) is 0 Å². The number of nitrogens with two attached hydrogens (primary N) is 1. The van der Waals surface area contributed by atoms with Crippen molar-refractivity contribution >= 4 is 91.2 Å². The number of nitrogens with zero attached hydrogens (tertiary/aromatic N) is 2. The number of hydrogen-bond donors (Lipinski definition) is 2. The number of aromatic nitrogens is 2. The second-order valence-electron chi connectivity index (χ2n) is 5.38. The van der Waals surface area contributed by atoms with E-state index in [4.69, 9.17) is 5.73 Å². The van der Waals surface area contributed by atoms with Crippen molar-refractivity contribution in [3.05, 3.63) is 66.7 Å². The molecule has 0 radical (unpaired) electrons. The number of benzene rings is 2. The van der Waals surface area contributed by atoms with Gasteiger partial charge in [-0.15, -0.1) is 0 Å². The Hall–Kier alpha value is -1.22. The van der Waals surface area contributed by atoms with Gasteiger partial charge in [0.1, 0.15) is 5.75 Å². The molecule has 4 nitrogen and oxygen atoms in total. The van der Waals surface area contributed by atoms with E-state index >= 15 is 0 Å². The fourth-order valence-corrected chi connectivity index (χ4v) is 4.22. The summed E-state index contributed by atoms with van der Waals surface area (Å²) in [5.74, 6) is 0.235. The highest BCUT2D eigenvalue weighted by molar-refractivity contribution is 9.11. The SMILES string of the molecule is Nc1cc(Br)c2ncc(Br)cc2c1.Oc1cc(Br)c2ncc(Br)cc2c1. The molecule has 0 aliphatic carbocycles. The third-order valence-corrected chi connectivity index (χ3v) is 5.49. The van der Waals surface area contributed by atoms with Gasteiger partial charge in [-0.25, -0.2) is 0 Å². The lowest BCUT2D eigenvalue weighted by molar-refractivity contribution is 0.476. The lowest BCUT2D eigenvalue weighted by atomic mass is 10.2. The minimum absolute atomic E-state index is 0.235. The molecular formula is C18H11Br4N3O. The predicted octanol–water partition coefficient (Wildman–Crippen LogP) is 6.81. The molecule has 0 fully saturated rings. The summed E-state index contributed by atoms with van der Waals surface area (Å²) in [6, 6.07) is 11.0. The average Bonchev–Trinajstić information content (AvgIpc) is 2.54. The molecule has 0 aliphatic rings. The van der Waals surface area contributed by atoms with Gasteiger partial charge in [0.05, 0.1) is 11.0 Å². The van der Waals surface area contributed by atoms with Gasteiger partial charge in [-0.05, 0) is 100 Å². The highest BCUT2D eigenvalue weighted by Gasteiger charge is 2.03. The van der Waals surface area contributed by atoms with Gasteiger partial charge in [-0.3, -0.25) is 9.97 Å². The molecule has 8 heteroatoms. The number of pyridine rings is 2. The van der Waals surface area contributed by atoms with Crippen molar-refractivity contribution in [3.8, 4) is 5.75 Å². The summed E-state index contributed by atoms with van der Waals surface area (Å²) in [5.41, 5.74) is 8.21. The van der Waals surface area contributed by atoms with E-state index in [-0.39, 0.29) is 5.75 Å². The van der Waals surface area contributed by atoms with Crippen LogP contribution in [-0.2, 0) is 0 Å². The first kappa shape index (κ1) is 19.5. The van der Waals surface area contributed by atoms with Gasteiger partial charge in [0.15, 0.2) is 0 Å². The van der Waals surface area contributed by atoms with E-state index in [2.05, 4.69) is 73.7 Å². The Labute approximate surface area is 183 Å². The summed E-state index contributed by atoms with van der Waals surface area (Å²) in [4.78, 5) is 8.49. The van der Waals surface area contributed by atoms with Crippen LogP contribution in [0.2, 0.25) is 0 Å². The molecule has 2 aromatic carbocycles. The Morgan fingerprint density at radius 1 is 0.692 bits per heavy atom. The van der Waals surface area contributed by atoms with Crippen molar-refractivity contribution in [3.63, 3.8) is 0 Å². The molecule has 0 bridgehead atoms. The van der Waals surface area contributed by atoms with Crippen molar-refractivity contribution < 1.29 is 5.11 Å². The van der Waals surface area contributed by atoms with Crippen LogP contribution >= 0.6 is 63.7 Å². The Bertz CT molecular complexity index is 1020. The molecule has 4 aromatic rings. The van der Waals surface area contributed by atoms with Gasteiger partial charge in [-0.2, -0.15) is 0 Å². The maximum absolute atomic E-state index is 9.33. The molecule has 0 saturated heterocycles. The van der Waals surface area contributed by atoms with E-state index in [0.717, 1.165) is 45.4 Å². The minimum Gasteiger partial charge on any atom is -0.508 e. The molecule has 26 heavy (non-hydrogen) atoms. The van der Waals surface area contributed by atoms with Crippen molar-refractivity contribution in [2.45, 2.75) is 0 Å². The molecule has 132 valence electrons. The molecule has 0 amide bonds. The monoisotopic (exact) mass is 601 g/mol. The largest absolute Gasteiger partial charge is 0.508 e. The zero-order chi connectivity index (χ0) is 18.8. The molecular weight excluding hydrogens is 594 g/mol. The van der Waals surface area contributed by atoms with Crippen molar-refractivity contribution in [1.82, 2.24) is 9.97 Å². The maximum Gasteiger partial charge on any atom is 0.117 e. The standard InChI is InChI=1S/C9H6Br2N2.C9H5Br2NO/c10-6-1-5-2-7(12)3-8(11)9(5)13-4-6;10-6-1-5-2-7(13)3-8(11)9(5)12-4-6/h1-4H,12H2;1-4,13H. The Kier molecular flexibility index (Phi) is 6.17. The molecule has 0 spiro atoms. The van der Waals surface area contributed by atoms with Gasteiger partial charge >= 0.3 is 0 Å². The fraction of sp³-hybridized carbons (Fsp3) is 0. The lowest BCUT2D eigenvalue weighted by Crippen LogP contribution is -1.87. The van der Waals surface area contributed by atoms with Gasteiger partial charge in [0, 0.05) is 46.7 Å². The van der Waals surface area contributed by atoms with Crippen LogP contribution in [0.25, 0.3) is 21.8 Å². The zero-order valence-corrected chi connectivity index (χ0v) is 19.4. The first-order valence-electron chi connectivity index (χ1n) is 7.27. The number of aromatic hydroxyl groups is 1. The Balaban J connectivity index is 0.000000151. The number of nitrogen functional groups attached to an aromatic ring is 1. The van der Waals surface area contributed by atoms with E-state index < -0.39 is 0 Å². The number of anilines is 1. The molecule has 0 saturated carbocycles. The van der Waals surface area contributed by atoms with Crippen LogP contribution in [0.5, 0.6) is 5.75 Å². The summed E-state index contributed by atoms with van der Waals surface area (Å²) >= 11 is 13.4. The third kappa shape index (κ3) is 4.54.